The maximum absolute atomic E-state index is 14.8. The van der Waals surface area contributed by atoms with Gasteiger partial charge >= 0.3 is 0 Å². The summed E-state index contributed by atoms with van der Waals surface area (Å²) in [7, 11) is 0. The molecule has 9 heteroatoms. The van der Waals surface area contributed by atoms with Crippen LogP contribution in [0, 0.1) is 23.4 Å². The molecule has 0 bridgehead atoms. The van der Waals surface area contributed by atoms with Gasteiger partial charge in [0.25, 0.3) is 0 Å². The number of imide groups is 1. The molecule has 172 valence electrons. The molecule has 2 saturated heterocycles. The van der Waals surface area contributed by atoms with Gasteiger partial charge in [0.2, 0.25) is 11.8 Å². The summed E-state index contributed by atoms with van der Waals surface area (Å²) in [4.78, 5) is 27.0. The highest BCUT2D eigenvalue weighted by molar-refractivity contribution is 6.30. The molecule has 0 spiro atoms. The van der Waals surface area contributed by atoms with Crippen molar-refractivity contribution in [2.24, 2.45) is 5.92 Å². The SMILES string of the molecule is Cl.O=C1CC[C@](c2ccc(F)cc2F)(C2CCN(Cc3ccc(Cl)c(F)c3)CC2)C(=O)N1. The van der Waals surface area contributed by atoms with E-state index >= 15 is 0 Å². The van der Waals surface area contributed by atoms with Crippen molar-refractivity contribution in [1.82, 2.24) is 10.2 Å². The Labute approximate surface area is 195 Å². The van der Waals surface area contributed by atoms with E-state index < -0.39 is 28.8 Å². The second-order valence-corrected chi connectivity index (χ2v) is 8.68. The van der Waals surface area contributed by atoms with Gasteiger partial charge in [0, 0.05) is 24.6 Å². The second kappa shape index (κ2) is 9.81. The minimum absolute atomic E-state index is 0. The molecule has 0 unspecified atom stereocenters. The van der Waals surface area contributed by atoms with Gasteiger partial charge in [-0.05, 0) is 62.0 Å². The molecule has 2 aliphatic heterocycles. The zero-order valence-corrected chi connectivity index (χ0v) is 18.7. The van der Waals surface area contributed by atoms with E-state index in [0.29, 0.717) is 32.5 Å². The number of likely N-dealkylation sites (tertiary alicyclic amines) is 1. The van der Waals surface area contributed by atoms with Gasteiger partial charge in [-0.1, -0.05) is 23.7 Å². The van der Waals surface area contributed by atoms with Crippen LogP contribution in [0.5, 0.6) is 0 Å². The fourth-order valence-electron chi connectivity index (χ4n) is 4.92. The predicted octanol–water partition coefficient (Wildman–Crippen LogP) is 4.77. The van der Waals surface area contributed by atoms with Crippen LogP contribution in [0.3, 0.4) is 0 Å². The number of nitrogens with one attached hydrogen (secondary N) is 1. The fourth-order valence-corrected chi connectivity index (χ4v) is 5.04. The van der Waals surface area contributed by atoms with Crippen LogP contribution in [0.15, 0.2) is 36.4 Å². The highest BCUT2D eigenvalue weighted by atomic mass is 35.5. The zero-order valence-electron chi connectivity index (χ0n) is 17.2. The number of benzene rings is 2. The van der Waals surface area contributed by atoms with Crippen molar-refractivity contribution in [3.63, 3.8) is 0 Å². The Morgan fingerprint density at radius 1 is 1.03 bits per heavy atom. The van der Waals surface area contributed by atoms with Crippen LogP contribution in [-0.2, 0) is 21.5 Å². The smallest absolute Gasteiger partial charge is 0.237 e. The Balaban J connectivity index is 0.00000289. The molecule has 2 aromatic rings. The quantitative estimate of drug-likeness (QED) is 0.633. The Morgan fingerprint density at radius 2 is 1.75 bits per heavy atom. The number of hydrogen-bond donors (Lipinski definition) is 1. The summed E-state index contributed by atoms with van der Waals surface area (Å²) in [6.07, 6.45) is 1.48. The van der Waals surface area contributed by atoms with Crippen LogP contribution in [0.25, 0.3) is 0 Å². The van der Waals surface area contributed by atoms with Crippen molar-refractivity contribution in [2.75, 3.05) is 13.1 Å². The van der Waals surface area contributed by atoms with E-state index in [9.17, 15) is 22.8 Å². The summed E-state index contributed by atoms with van der Waals surface area (Å²) in [6.45, 7) is 1.78. The standard InChI is InChI=1S/C23H22ClF3N2O2.ClH/c24-18-4-1-14(11-20(18)27)13-29-9-6-15(7-10-29)23(8-5-21(30)28-22(23)31)17-3-2-16(25)12-19(17)26;/h1-4,11-12,15H,5-10,13H2,(H,28,30,31);1H/t23-;/m1./s1. The first-order valence-electron chi connectivity index (χ1n) is 10.3. The number of carbonyl (C=O) groups is 2. The van der Waals surface area contributed by atoms with Gasteiger partial charge in [0.1, 0.15) is 17.5 Å². The van der Waals surface area contributed by atoms with E-state index in [1.165, 1.54) is 18.2 Å². The third-order valence-corrected chi connectivity index (χ3v) is 6.80. The van der Waals surface area contributed by atoms with E-state index in [4.69, 9.17) is 11.6 Å². The largest absolute Gasteiger partial charge is 0.299 e. The molecular formula is C23H23Cl2F3N2O2. The van der Waals surface area contributed by atoms with Crippen LogP contribution in [0.2, 0.25) is 5.02 Å². The van der Waals surface area contributed by atoms with Crippen molar-refractivity contribution in [1.29, 1.82) is 0 Å². The maximum Gasteiger partial charge on any atom is 0.237 e. The minimum Gasteiger partial charge on any atom is -0.299 e. The number of hydrogen-bond acceptors (Lipinski definition) is 3. The molecule has 1 N–H and O–H groups in total. The molecule has 32 heavy (non-hydrogen) atoms. The highest BCUT2D eigenvalue weighted by Crippen LogP contribution is 2.45. The van der Waals surface area contributed by atoms with Crippen LogP contribution < -0.4 is 5.32 Å². The average molecular weight is 487 g/mol. The lowest BCUT2D eigenvalue weighted by atomic mass is 9.62. The monoisotopic (exact) mass is 486 g/mol. The van der Waals surface area contributed by atoms with E-state index in [0.717, 1.165) is 17.7 Å². The van der Waals surface area contributed by atoms with Crippen molar-refractivity contribution >= 4 is 35.8 Å². The summed E-state index contributed by atoms with van der Waals surface area (Å²) in [5.74, 6) is -3.07. The average Bonchev–Trinajstić information content (AvgIpc) is 2.72. The molecule has 1 atom stereocenters. The molecule has 0 aliphatic carbocycles. The van der Waals surface area contributed by atoms with Gasteiger partial charge in [-0.15, -0.1) is 12.4 Å². The van der Waals surface area contributed by atoms with Gasteiger partial charge < -0.3 is 0 Å². The summed E-state index contributed by atoms with van der Waals surface area (Å²) in [6, 6.07) is 7.95. The number of piperidine rings is 2. The summed E-state index contributed by atoms with van der Waals surface area (Å²) in [5, 5.41) is 2.44. The predicted molar refractivity (Wildman–Crippen MR) is 117 cm³/mol. The fraction of sp³-hybridized carbons (Fsp3) is 0.391. The van der Waals surface area contributed by atoms with Crippen molar-refractivity contribution < 1.29 is 22.8 Å². The summed E-state index contributed by atoms with van der Waals surface area (Å²) < 4.78 is 42.0. The van der Waals surface area contributed by atoms with Crippen molar-refractivity contribution in [3.8, 4) is 0 Å². The van der Waals surface area contributed by atoms with E-state index in [1.807, 2.05) is 0 Å². The first-order valence-corrected chi connectivity index (χ1v) is 10.6. The third-order valence-electron chi connectivity index (χ3n) is 6.49. The van der Waals surface area contributed by atoms with Gasteiger partial charge in [0.15, 0.2) is 0 Å². The first-order chi connectivity index (χ1) is 14.8. The summed E-state index contributed by atoms with van der Waals surface area (Å²) >= 11 is 5.74. The highest BCUT2D eigenvalue weighted by Gasteiger charge is 2.51. The molecule has 2 aromatic carbocycles. The van der Waals surface area contributed by atoms with Crippen LogP contribution >= 0.6 is 24.0 Å². The molecule has 0 aromatic heterocycles. The van der Waals surface area contributed by atoms with Gasteiger partial charge in [0.05, 0.1) is 10.4 Å². The second-order valence-electron chi connectivity index (χ2n) is 8.27. The third kappa shape index (κ3) is 4.65. The molecule has 4 nitrogen and oxygen atoms in total. The van der Waals surface area contributed by atoms with Crippen molar-refractivity contribution in [2.45, 2.75) is 37.6 Å². The Kier molecular flexibility index (Phi) is 7.53. The lowest BCUT2D eigenvalue weighted by Crippen LogP contribution is -2.57. The maximum atomic E-state index is 14.8. The lowest BCUT2D eigenvalue weighted by molar-refractivity contribution is -0.140. The van der Waals surface area contributed by atoms with E-state index in [1.54, 1.807) is 6.07 Å². The number of amides is 2. The van der Waals surface area contributed by atoms with Crippen LogP contribution in [0.4, 0.5) is 13.2 Å². The molecule has 2 aliphatic rings. The number of halogens is 5. The normalized spacial score (nSPS) is 22.4. The van der Waals surface area contributed by atoms with Crippen LogP contribution in [-0.4, -0.2) is 29.8 Å². The molecule has 4 rings (SSSR count). The Hall–Kier alpha value is -2.09. The van der Waals surface area contributed by atoms with Gasteiger partial charge in [-0.3, -0.25) is 19.8 Å². The topological polar surface area (TPSA) is 49.4 Å². The molecule has 0 radical (unpaired) electrons. The zero-order chi connectivity index (χ0) is 22.2. The first kappa shape index (κ1) is 24.6. The van der Waals surface area contributed by atoms with Crippen LogP contribution in [0.1, 0.15) is 36.8 Å². The van der Waals surface area contributed by atoms with Crippen molar-refractivity contribution in [3.05, 3.63) is 70.0 Å². The molecule has 2 heterocycles. The summed E-state index contributed by atoms with van der Waals surface area (Å²) in [5.41, 5.74) is -0.290. The lowest BCUT2D eigenvalue weighted by Gasteiger charge is -2.45. The number of rotatable bonds is 4. The van der Waals surface area contributed by atoms with Gasteiger partial charge in [-0.2, -0.15) is 0 Å². The van der Waals surface area contributed by atoms with E-state index in [2.05, 4.69) is 10.2 Å². The molecule has 2 fully saturated rings. The van der Waals surface area contributed by atoms with E-state index in [-0.39, 0.29) is 47.7 Å². The molecule has 2 amide bonds. The van der Waals surface area contributed by atoms with Gasteiger partial charge in [-0.25, -0.2) is 13.2 Å². The number of nitrogens with zero attached hydrogens (tertiary/aromatic N) is 1. The Morgan fingerprint density at radius 3 is 2.38 bits per heavy atom. The number of carbonyl (C=O) groups excluding carboxylic acids is 2. The Bertz CT molecular complexity index is 1030. The molecule has 0 saturated carbocycles. The molecular weight excluding hydrogens is 464 g/mol. The minimum atomic E-state index is -1.22.